The largest absolute Gasteiger partial charge is 0.550 e. The third-order valence-corrected chi connectivity index (χ3v) is 2.85. The number of rotatable bonds is 11. The predicted octanol–water partition coefficient (Wildman–Crippen LogP) is 0.408. The Kier molecular flexibility index (Phi) is 10.2. The fourth-order valence-electron chi connectivity index (χ4n) is 1.99. The van der Waals surface area contributed by atoms with Crippen LogP contribution in [0.5, 0.6) is 0 Å². The summed E-state index contributed by atoms with van der Waals surface area (Å²) in [6, 6.07) is 0. The highest BCUT2D eigenvalue weighted by atomic mass is 16.5. The van der Waals surface area contributed by atoms with Crippen LogP contribution in [-0.4, -0.2) is 61.4 Å². The molecular weight excluding hydrogens is 298 g/mol. The summed E-state index contributed by atoms with van der Waals surface area (Å²) in [6.07, 6.45) is 6.68. The number of carboxylic acid groups (broad SMARTS) is 1. The Balaban J connectivity index is 4.39. The van der Waals surface area contributed by atoms with Crippen molar-refractivity contribution in [3.63, 3.8) is 0 Å². The fourth-order valence-corrected chi connectivity index (χ4v) is 1.99. The molecule has 0 aromatic carbocycles. The number of nitrogens with zero attached hydrogens (tertiary/aromatic N) is 1. The molecule has 0 aromatic rings. The maximum Gasteiger partial charge on any atom is 0.309 e. The lowest BCUT2D eigenvalue weighted by Gasteiger charge is -2.29. The molecule has 0 amide bonds. The van der Waals surface area contributed by atoms with Gasteiger partial charge in [-0.3, -0.25) is 4.79 Å². The van der Waals surface area contributed by atoms with E-state index in [1.165, 1.54) is 6.08 Å². The molecule has 0 aromatic heterocycles. The lowest BCUT2D eigenvalue weighted by molar-refractivity contribution is -0.873. The normalized spacial score (nSPS) is 15.0. The number of likely N-dealkylation sites (N-methyl/N-ethyl adjacent to an activating group) is 1. The van der Waals surface area contributed by atoms with Gasteiger partial charge in [-0.05, 0) is 12.8 Å². The van der Waals surface area contributed by atoms with E-state index in [0.717, 1.165) is 6.42 Å². The Labute approximate surface area is 138 Å². The number of carboxylic acids is 1. The second-order valence-electron chi connectivity index (χ2n) is 6.48. The number of allylic oxidation sites excluding steroid dienone is 3. The quantitative estimate of drug-likeness (QED) is 0.337. The van der Waals surface area contributed by atoms with Crippen LogP contribution in [0.4, 0.5) is 0 Å². The first kappa shape index (κ1) is 21.3. The molecule has 2 atom stereocenters. The summed E-state index contributed by atoms with van der Waals surface area (Å²) in [5, 5.41) is 20.5. The van der Waals surface area contributed by atoms with E-state index >= 15 is 0 Å². The Bertz CT molecular complexity index is 423. The summed E-state index contributed by atoms with van der Waals surface area (Å²) < 4.78 is 5.63. The van der Waals surface area contributed by atoms with Crippen LogP contribution in [-0.2, 0) is 14.3 Å². The molecule has 0 heterocycles. The second kappa shape index (κ2) is 11.0. The van der Waals surface area contributed by atoms with Gasteiger partial charge in [-0.25, -0.2) is 0 Å². The van der Waals surface area contributed by atoms with Crippen LogP contribution in [0.3, 0.4) is 0 Å². The van der Waals surface area contributed by atoms with E-state index in [1.54, 1.807) is 6.08 Å². The molecule has 0 aliphatic carbocycles. The first-order chi connectivity index (χ1) is 10.6. The van der Waals surface area contributed by atoms with Crippen molar-refractivity contribution in [1.82, 2.24) is 0 Å². The van der Waals surface area contributed by atoms with Gasteiger partial charge < -0.3 is 24.2 Å². The van der Waals surface area contributed by atoms with E-state index in [0.29, 0.717) is 17.4 Å². The second-order valence-corrected chi connectivity index (χ2v) is 6.48. The smallest absolute Gasteiger partial charge is 0.309 e. The highest BCUT2D eigenvalue weighted by molar-refractivity contribution is 5.71. The van der Waals surface area contributed by atoms with Crippen LogP contribution in [0.15, 0.2) is 24.3 Å². The monoisotopic (exact) mass is 327 g/mol. The number of esters is 1. The highest BCUT2D eigenvalue weighted by Crippen LogP contribution is 2.07. The molecule has 0 bridgehead atoms. The van der Waals surface area contributed by atoms with Crippen LogP contribution in [0.1, 0.15) is 32.6 Å². The van der Waals surface area contributed by atoms with Crippen molar-refractivity contribution in [2.75, 3.05) is 27.7 Å². The summed E-state index contributed by atoms with van der Waals surface area (Å²) in [7, 11) is 5.62. The van der Waals surface area contributed by atoms with E-state index in [4.69, 9.17) is 4.74 Å². The summed E-state index contributed by atoms with van der Waals surface area (Å²) in [4.78, 5) is 22.6. The number of aliphatic carboxylic acids is 1. The number of aliphatic hydroxyl groups excluding tert-OH is 1. The maximum atomic E-state index is 11.8. The Morgan fingerprint density at radius 2 is 1.83 bits per heavy atom. The third kappa shape index (κ3) is 13.7. The van der Waals surface area contributed by atoms with Gasteiger partial charge in [0.05, 0.1) is 33.7 Å². The number of carbonyl (C=O) groups is 2. The molecule has 0 fully saturated rings. The van der Waals surface area contributed by atoms with Gasteiger partial charge in [-0.1, -0.05) is 31.2 Å². The topological polar surface area (TPSA) is 86.7 Å². The Morgan fingerprint density at radius 3 is 2.35 bits per heavy atom. The van der Waals surface area contributed by atoms with Gasteiger partial charge in [0.1, 0.15) is 6.54 Å². The zero-order valence-electron chi connectivity index (χ0n) is 14.5. The highest BCUT2D eigenvalue weighted by Gasteiger charge is 2.23. The summed E-state index contributed by atoms with van der Waals surface area (Å²) in [5.41, 5.74) is 0. The van der Waals surface area contributed by atoms with Gasteiger partial charge >= 0.3 is 5.97 Å². The molecule has 0 radical (unpaired) electrons. The Hall–Kier alpha value is -1.66. The van der Waals surface area contributed by atoms with E-state index in [2.05, 4.69) is 0 Å². The minimum absolute atomic E-state index is 0.200. The van der Waals surface area contributed by atoms with Crippen LogP contribution < -0.4 is 5.11 Å². The molecular formula is C17H29NO5. The van der Waals surface area contributed by atoms with E-state index in [1.807, 2.05) is 40.2 Å². The molecule has 2 unspecified atom stereocenters. The summed E-state index contributed by atoms with van der Waals surface area (Å²) >= 11 is 0. The van der Waals surface area contributed by atoms with Gasteiger partial charge in [0, 0.05) is 12.4 Å². The van der Waals surface area contributed by atoms with Crippen LogP contribution in [0.25, 0.3) is 0 Å². The number of hydrogen-bond acceptors (Lipinski definition) is 5. The zero-order valence-corrected chi connectivity index (χ0v) is 14.5. The van der Waals surface area contributed by atoms with Gasteiger partial charge in [0.25, 0.3) is 0 Å². The molecule has 0 saturated heterocycles. The molecule has 0 rings (SSSR count). The molecule has 23 heavy (non-hydrogen) atoms. The van der Waals surface area contributed by atoms with Gasteiger partial charge in [0.15, 0.2) is 6.10 Å². The van der Waals surface area contributed by atoms with Crippen molar-refractivity contribution in [1.29, 1.82) is 0 Å². The summed E-state index contributed by atoms with van der Waals surface area (Å²) in [6.45, 7) is 2.39. The predicted molar refractivity (Wildman–Crippen MR) is 86.2 cm³/mol. The SMILES string of the molecule is CC/C=C/C/C=C/C(O)CC(=O)OC(CC(=O)[O-])C[N+](C)(C)C. The molecule has 6 heteroatoms. The van der Waals surface area contributed by atoms with E-state index < -0.39 is 24.1 Å². The van der Waals surface area contributed by atoms with Gasteiger partial charge in [-0.2, -0.15) is 0 Å². The summed E-state index contributed by atoms with van der Waals surface area (Å²) in [5.74, 6) is -1.88. The number of ether oxygens (including phenoxy) is 1. The van der Waals surface area contributed by atoms with Crippen molar-refractivity contribution in [2.45, 2.75) is 44.8 Å². The molecule has 132 valence electrons. The molecule has 1 N–H and O–H groups in total. The maximum absolute atomic E-state index is 11.8. The minimum atomic E-state index is -1.26. The number of quaternary nitrogens is 1. The van der Waals surface area contributed by atoms with Crippen molar-refractivity contribution >= 4 is 11.9 Å². The zero-order chi connectivity index (χ0) is 17.9. The van der Waals surface area contributed by atoms with Gasteiger partial charge in [0.2, 0.25) is 0 Å². The van der Waals surface area contributed by atoms with E-state index in [-0.39, 0.29) is 12.8 Å². The molecule has 0 aliphatic heterocycles. The first-order valence-corrected chi connectivity index (χ1v) is 7.83. The fraction of sp³-hybridized carbons (Fsp3) is 0.647. The average Bonchev–Trinajstić information content (AvgIpc) is 2.35. The molecule has 0 saturated carbocycles. The standard InChI is InChI=1S/C17H29NO5/c1-5-6-7-8-9-10-14(19)11-17(22)23-15(12-16(20)21)13-18(2,3)4/h6-7,9-10,14-15,19H,5,8,11-13H2,1-4H3/b7-6+,10-9+. The molecule has 0 aliphatic rings. The van der Waals surface area contributed by atoms with Crippen LogP contribution in [0.2, 0.25) is 0 Å². The third-order valence-electron chi connectivity index (χ3n) is 2.85. The van der Waals surface area contributed by atoms with E-state index in [9.17, 15) is 19.8 Å². The average molecular weight is 327 g/mol. The van der Waals surface area contributed by atoms with Crippen molar-refractivity contribution in [2.24, 2.45) is 0 Å². The number of aliphatic hydroxyl groups is 1. The lowest BCUT2D eigenvalue weighted by atomic mass is 10.2. The lowest BCUT2D eigenvalue weighted by Crippen LogP contribution is -2.45. The van der Waals surface area contributed by atoms with Crippen molar-refractivity contribution in [3.8, 4) is 0 Å². The van der Waals surface area contributed by atoms with Crippen molar-refractivity contribution in [3.05, 3.63) is 24.3 Å². The van der Waals surface area contributed by atoms with Crippen LogP contribution in [0, 0.1) is 0 Å². The molecule has 6 nitrogen and oxygen atoms in total. The van der Waals surface area contributed by atoms with Crippen molar-refractivity contribution < 1.29 is 29.0 Å². The minimum Gasteiger partial charge on any atom is -0.550 e. The number of hydrogen-bond donors (Lipinski definition) is 1. The van der Waals surface area contributed by atoms with Crippen LogP contribution >= 0.6 is 0 Å². The van der Waals surface area contributed by atoms with Gasteiger partial charge in [-0.15, -0.1) is 0 Å². The first-order valence-electron chi connectivity index (χ1n) is 7.83. The Morgan fingerprint density at radius 1 is 1.17 bits per heavy atom. The number of carbonyl (C=O) groups excluding carboxylic acids is 2. The molecule has 0 spiro atoms.